The Balaban J connectivity index is 2.81. The molecule has 20 heavy (non-hydrogen) atoms. The van der Waals surface area contributed by atoms with E-state index in [-0.39, 0.29) is 29.2 Å². The first-order valence-corrected chi connectivity index (χ1v) is 7.15. The van der Waals surface area contributed by atoms with Crippen molar-refractivity contribution in [2.24, 2.45) is 0 Å². The Labute approximate surface area is 123 Å². The van der Waals surface area contributed by atoms with E-state index in [1.54, 1.807) is 20.2 Å². The van der Waals surface area contributed by atoms with Gasteiger partial charge in [-0.05, 0) is 11.5 Å². The van der Waals surface area contributed by atoms with E-state index in [0.29, 0.717) is 5.75 Å². The number of aromatic carboxylic acids is 1. The maximum absolute atomic E-state index is 11.4. The lowest BCUT2D eigenvalue weighted by Gasteiger charge is -2.15. The highest BCUT2D eigenvalue weighted by molar-refractivity contribution is 7.14. The molecule has 1 heterocycles. The molecule has 0 unspecified atom stereocenters. The zero-order chi connectivity index (χ0) is 15.5. The second-order valence-corrected chi connectivity index (χ2v) is 6.80. The van der Waals surface area contributed by atoms with Crippen molar-refractivity contribution >= 4 is 23.2 Å². The molecule has 1 aromatic rings. The first-order chi connectivity index (χ1) is 9.12. The number of ether oxygens (including phenoxy) is 1. The zero-order valence-corrected chi connectivity index (χ0v) is 13.3. The molecule has 0 aliphatic carbocycles. The third-order valence-corrected chi connectivity index (χ3v) is 4.23. The minimum absolute atomic E-state index is 0.0480. The second-order valence-electron chi connectivity index (χ2n) is 5.75. The van der Waals surface area contributed by atoms with Crippen LogP contribution < -0.4 is 4.74 Å². The summed E-state index contributed by atoms with van der Waals surface area (Å²) in [6.45, 7) is 6.23. The molecule has 0 saturated heterocycles. The average Bonchev–Trinajstić information content (AvgIpc) is 2.72. The van der Waals surface area contributed by atoms with Crippen molar-refractivity contribution in [2.75, 3.05) is 20.7 Å². The molecule has 5 nitrogen and oxygen atoms in total. The topological polar surface area (TPSA) is 66.8 Å². The van der Waals surface area contributed by atoms with Crippen LogP contribution in [0.1, 0.15) is 41.7 Å². The molecule has 1 aromatic heterocycles. The number of amides is 1. The number of thiophene rings is 1. The summed E-state index contributed by atoms with van der Waals surface area (Å²) < 4.78 is 5.48. The second kappa shape index (κ2) is 6.26. The molecule has 0 bridgehead atoms. The number of carboxylic acid groups (broad SMARTS) is 1. The lowest BCUT2D eigenvalue weighted by atomic mass is 9.95. The third-order valence-electron chi connectivity index (χ3n) is 2.70. The van der Waals surface area contributed by atoms with Crippen LogP contribution in [0.25, 0.3) is 0 Å². The fourth-order valence-corrected chi connectivity index (χ4v) is 2.47. The fourth-order valence-electron chi connectivity index (χ4n) is 1.47. The fraction of sp³-hybridized carbons (Fsp3) is 0.571. The van der Waals surface area contributed by atoms with E-state index in [2.05, 4.69) is 0 Å². The Morgan fingerprint density at radius 3 is 2.40 bits per heavy atom. The first kappa shape index (κ1) is 16.5. The Morgan fingerprint density at radius 1 is 1.35 bits per heavy atom. The van der Waals surface area contributed by atoms with E-state index in [9.17, 15) is 14.7 Å². The highest BCUT2D eigenvalue weighted by atomic mass is 32.1. The van der Waals surface area contributed by atoms with Gasteiger partial charge in [0, 0.05) is 19.0 Å². The van der Waals surface area contributed by atoms with E-state index in [4.69, 9.17) is 4.74 Å². The molecule has 0 aromatic carbocycles. The SMILES string of the molecule is CN(C)C(=O)CCOc1cc(C(C)(C)C)sc1C(=O)O. The van der Waals surface area contributed by atoms with Gasteiger partial charge in [-0.3, -0.25) is 4.79 Å². The van der Waals surface area contributed by atoms with Gasteiger partial charge in [-0.2, -0.15) is 0 Å². The van der Waals surface area contributed by atoms with Crippen molar-refractivity contribution in [3.63, 3.8) is 0 Å². The first-order valence-electron chi connectivity index (χ1n) is 6.33. The number of rotatable bonds is 5. The maximum atomic E-state index is 11.4. The lowest BCUT2D eigenvalue weighted by molar-refractivity contribution is -0.129. The molecule has 1 N–H and O–H groups in total. The van der Waals surface area contributed by atoms with E-state index >= 15 is 0 Å². The van der Waals surface area contributed by atoms with Crippen LogP contribution in [-0.2, 0) is 10.2 Å². The van der Waals surface area contributed by atoms with Gasteiger partial charge in [0.2, 0.25) is 5.91 Å². The van der Waals surface area contributed by atoms with Gasteiger partial charge in [0.25, 0.3) is 0 Å². The van der Waals surface area contributed by atoms with Gasteiger partial charge >= 0.3 is 5.97 Å². The molecule has 0 fully saturated rings. The molecular weight excluding hydrogens is 278 g/mol. The van der Waals surface area contributed by atoms with Gasteiger partial charge in [0.15, 0.2) is 4.88 Å². The normalized spacial score (nSPS) is 11.2. The number of carboxylic acids is 1. The van der Waals surface area contributed by atoms with Crippen molar-refractivity contribution in [3.05, 3.63) is 15.8 Å². The molecule has 112 valence electrons. The molecule has 0 saturated carbocycles. The predicted molar refractivity (Wildman–Crippen MR) is 78.8 cm³/mol. The summed E-state index contributed by atoms with van der Waals surface area (Å²) in [7, 11) is 3.35. The summed E-state index contributed by atoms with van der Waals surface area (Å²) in [5.74, 6) is -0.702. The predicted octanol–water partition coefficient (Wildman–Crippen LogP) is 2.60. The quantitative estimate of drug-likeness (QED) is 0.907. The van der Waals surface area contributed by atoms with Crippen molar-refractivity contribution in [1.82, 2.24) is 4.90 Å². The number of hydrogen-bond donors (Lipinski definition) is 1. The molecule has 1 amide bonds. The average molecular weight is 299 g/mol. The molecule has 0 spiro atoms. The molecular formula is C14H21NO4S. The van der Waals surface area contributed by atoms with Crippen molar-refractivity contribution in [3.8, 4) is 5.75 Å². The smallest absolute Gasteiger partial charge is 0.349 e. The summed E-state index contributed by atoms with van der Waals surface area (Å²) in [5.41, 5.74) is -0.129. The highest BCUT2D eigenvalue weighted by Crippen LogP contribution is 2.36. The van der Waals surface area contributed by atoms with Crippen LogP contribution in [0.5, 0.6) is 5.75 Å². The summed E-state index contributed by atoms with van der Waals surface area (Å²) in [6, 6.07) is 1.76. The summed E-state index contributed by atoms with van der Waals surface area (Å²) >= 11 is 1.22. The maximum Gasteiger partial charge on any atom is 0.349 e. The summed E-state index contributed by atoms with van der Waals surface area (Å²) in [4.78, 5) is 25.3. The van der Waals surface area contributed by atoms with Crippen LogP contribution in [0.3, 0.4) is 0 Å². The van der Waals surface area contributed by atoms with Gasteiger partial charge in [-0.25, -0.2) is 4.79 Å². The molecule has 0 aliphatic heterocycles. The number of nitrogens with zero attached hydrogens (tertiary/aromatic N) is 1. The van der Waals surface area contributed by atoms with Gasteiger partial charge in [0.05, 0.1) is 13.0 Å². The Bertz CT molecular complexity index is 500. The number of carbonyl (C=O) groups is 2. The van der Waals surface area contributed by atoms with E-state index in [1.807, 2.05) is 20.8 Å². The van der Waals surface area contributed by atoms with Gasteiger partial charge in [-0.1, -0.05) is 20.8 Å². The van der Waals surface area contributed by atoms with Gasteiger partial charge < -0.3 is 14.7 Å². The summed E-state index contributed by atoms with van der Waals surface area (Å²) in [5, 5.41) is 9.20. The van der Waals surface area contributed by atoms with E-state index in [0.717, 1.165) is 4.88 Å². The molecule has 0 aliphatic rings. The lowest BCUT2D eigenvalue weighted by Crippen LogP contribution is -2.23. The number of hydrogen-bond acceptors (Lipinski definition) is 4. The number of carbonyl (C=O) groups excluding carboxylic acids is 1. The zero-order valence-electron chi connectivity index (χ0n) is 12.5. The van der Waals surface area contributed by atoms with Crippen molar-refractivity contribution in [2.45, 2.75) is 32.6 Å². The van der Waals surface area contributed by atoms with E-state index in [1.165, 1.54) is 16.2 Å². The van der Waals surface area contributed by atoms with Crippen LogP contribution >= 0.6 is 11.3 Å². The Morgan fingerprint density at radius 2 is 1.95 bits per heavy atom. The monoisotopic (exact) mass is 299 g/mol. The summed E-state index contributed by atoms with van der Waals surface area (Å²) in [6.07, 6.45) is 0.229. The van der Waals surface area contributed by atoms with Crippen LogP contribution in [-0.4, -0.2) is 42.6 Å². The highest BCUT2D eigenvalue weighted by Gasteiger charge is 2.23. The van der Waals surface area contributed by atoms with Crippen LogP contribution in [0, 0.1) is 0 Å². The Hall–Kier alpha value is -1.56. The molecule has 0 radical (unpaired) electrons. The minimum atomic E-state index is -1.00. The van der Waals surface area contributed by atoms with Gasteiger partial charge in [-0.15, -0.1) is 11.3 Å². The van der Waals surface area contributed by atoms with Crippen molar-refractivity contribution < 1.29 is 19.4 Å². The third kappa shape index (κ3) is 4.23. The molecule has 1 rings (SSSR count). The minimum Gasteiger partial charge on any atom is -0.491 e. The molecule has 0 atom stereocenters. The molecule has 6 heteroatoms. The van der Waals surface area contributed by atoms with Crippen molar-refractivity contribution in [1.29, 1.82) is 0 Å². The standard InChI is InChI=1S/C14H21NO4S/c1-14(2,3)10-8-9(12(20-10)13(17)18)19-7-6-11(16)15(4)5/h8H,6-7H2,1-5H3,(H,17,18). The largest absolute Gasteiger partial charge is 0.491 e. The van der Waals surface area contributed by atoms with E-state index < -0.39 is 5.97 Å². The van der Waals surface area contributed by atoms with Crippen LogP contribution in [0.2, 0.25) is 0 Å². The van der Waals surface area contributed by atoms with Crippen LogP contribution in [0.15, 0.2) is 6.07 Å². The Kier molecular flexibility index (Phi) is 5.16. The van der Waals surface area contributed by atoms with Gasteiger partial charge in [0.1, 0.15) is 5.75 Å². The van der Waals surface area contributed by atoms with Crippen LogP contribution in [0.4, 0.5) is 0 Å².